The second-order valence-electron chi connectivity index (χ2n) is 4.94. The van der Waals surface area contributed by atoms with E-state index in [-0.39, 0.29) is 11.9 Å². The molecule has 4 nitrogen and oxygen atoms in total. The van der Waals surface area contributed by atoms with Crippen molar-refractivity contribution in [3.63, 3.8) is 0 Å². The topological polar surface area (TPSA) is 49.6 Å². The van der Waals surface area contributed by atoms with Gasteiger partial charge in [0.25, 0.3) is 0 Å². The highest BCUT2D eigenvalue weighted by Gasteiger charge is 2.27. The summed E-state index contributed by atoms with van der Waals surface area (Å²) >= 11 is 0. The van der Waals surface area contributed by atoms with E-state index in [2.05, 4.69) is 4.90 Å². The maximum absolute atomic E-state index is 12.0. The summed E-state index contributed by atoms with van der Waals surface area (Å²) < 4.78 is 0. The van der Waals surface area contributed by atoms with Crippen molar-refractivity contribution >= 4 is 5.91 Å². The van der Waals surface area contributed by atoms with Crippen molar-refractivity contribution in [1.29, 1.82) is 0 Å². The number of nitrogens with two attached hydrogens (primary N) is 1. The van der Waals surface area contributed by atoms with Crippen LogP contribution in [0.5, 0.6) is 0 Å². The van der Waals surface area contributed by atoms with Gasteiger partial charge >= 0.3 is 0 Å². The Bertz CT molecular complexity index is 226. The zero-order valence-corrected chi connectivity index (χ0v) is 10.8. The quantitative estimate of drug-likeness (QED) is 0.725. The fourth-order valence-corrected chi connectivity index (χ4v) is 1.88. The Hall–Kier alpha value is -0.610. The van der Waals surface area contributed by atoms with Crippen molar-refractivity contribution in [1.82, 2.24) is 9.80 Å². The summed E-state index contributed by atoms with van der Waals surface area (Å²) in [7, 11) is 1.87. The molecule has 0 heterocycles. The first-order chi connectivity index (χ1) is 7.56. The van der Waals surface area contributed by atoms with Crippen LogP contribution in [0.15, 0.2) is 0 Å². The Balaban J connectivity index is 2.43. The molecule has 1 saturated carbocycles. The Morgan fingerprint density at radius 3 is 2.44 bits per heavy atom. The molecule has 0 saturated heterocycles. The van der Waals surface area contributed by atoms with Crippen LogP contribution in [0.1, 0.15) is 33.1 Å². The first-order valence-electron chi connectivity index (χ1n) is 6.26. The molecule has 94 valence electrons. The van der Waals surface area contributed by atoms with Gasteiger partial charge in [0.1, 0.15) is 0 Å². The molecule has 0 aliphatic heterocycles. The predicted octanol–water partition coefficient (Wildman–Crippen LogP) is 0.666. The lowest BCUT2D eigenvalue weighted by Gasteiger charge is -2.38. The van der Waals surface area contributed by atoms with E-state index in [0.29, 0.717) is 19.1 Å². The van der Waals surface area contributed by atoms with E-state index in [1.54, 1.807) is 0 Å². The number of likely N-dealkylation sites (N-methyl/N-ethyl adjacent to an activating group) is 1. The van der Waals surface area contributed by atoms with Crippen LogP contribution in [0, 0.1) is 0 Å². The number of nitrogens with zero attached hydrogens (tertiary/aromatic N) is 2. The molecule has 2 N–H and O–H groups in total. The smallest absolute Gasteiger partial charge is 0.236 e. The van der Waals surface area contributed by atoms with Gasteiger partial charge in [0.05, 0.1) is 6.54 Å². The molecule has 1 amide bonds. The third-order valence-electron chi connectivity index (χ3n) is 3.51. The van der Waals surface area contributed by atoms with Crippen LogP contribution in [0.2, 0.25) is 0 Å². The van der Waals surface area contributed by atoms with Crippen molar-refractivity contribution in [2.75, 3.05) is 26.7 Å². The Morgan fingerprint density at radius 2 is 2.06 bits per heavy atom. The Kier molecular flexibility index (Phi) is 5.22. The van der Waals surface area contributed by atoms with Crippen molar-refractivity contribution in [2.45, 2.75) is 45.2 Å². The number of amides is 1. The average Bonchev–Trinajstić information content (AvgIpc) is 2.13. The van der Waals surface area contributed by atoms with Crippen LogP contribution in [-0.2, 0) is 4.79 Å². The lowest BCUT2D eigenvalue weighted by Crippen LogP contribution is -2.49. The lowest BCUT2D eigenvalue weighted by molar-refractivity contribution is -0.133. The van der Waals surface area contributed by atoms with Gasteiger partial charge in [0.2, 0.25) is 5.91 Å². The highest BCUT2D eigenvalue weighted by atomic mass is 16.2. The highest BCUT2D eigenvalue weighted by molar-refractivity contribution is 5.78. The summed E-state index contributed by atoms with van der Waals surface area (Å²) in [4.78, 5) is 16.0. The minimum absolute atomic E-state index is 0.204. The monoisotopic (exact) mass is 227 g/mol. The van der Waals surface area contributed by atoms with Crippen molar-refractivity contribution in [2.24, 2.45) is 5.73 Å². The van der Waals surface area contributed by atoms with Gasteiger partial charge in [-0.05, 0) is 26.7 Å². The predicted molar refractivity (Wildman–Crippen MR) is 66.2 cm³/mol. The molecular formula is C12H25N3O. The SMILES string of the molecule is CC(C)N(C)C(=O)CN(CCN)C1CCC1. The molecular weight excluding hydrogens is 202 g/mol. The molecule has 1 fully saturated rings. The molecule has 0 aromatic heterocycles. The number of hydrogen-bond donors (Lipinski definition) is 1. The van der Waals surface area contributed by atoms with Crippen LogP contribution in [0.25, 0.3) is 0 Å². The maximum Gasteiger partial charge on any atom is 0.236 e. The minimum Gasteiger partial charge on any atom is -0.342 e. The van der Waals surface area contributed by atoms with Gasteiger partial charge in [-0.1, -0.05) is 6.42 Å². The third kappa shape index (κ3) is 3.46. The van der Waals surface area contributed by atoms with Crippen molar-refractivity contribution in [3.05, 3.63) is 0 Å². The minimum atomic E-state index is 0.204. The van der Waals surface area contributed by atoms with Crippen LogP contribution in [0.4, 0.5) is 0 Å². The van der Waals surface area contributed by atoms with E-state index in [9.17, 15) is 4.79 Å². The van der Waals surface area contributed by atoms with Gasteiger partial charge in [-0.3, -0.25) is 9.69 Å². The number of rotatable bonds is 6. The van der Waals surface area contributed by atoms with Gasteiger partial charge in [0.15, 0.2) is 0 Å². The van der Waals surface area contributed by atoms with Gasteiger partial charge in [-0.25, -0.2) is 0 Å². The second kappa shape index (κ2) is 6.21. The molecule has 1 rings (SSSR count). The third-order valence-corrected chi connectivity index (χ3v) is 3.51. The van der Waals surface area contributed by atoms with Crippen LogP contribution in [0.3, 0.4) is 0 Å². The van der Waals surface area contributed by atoms with Crippen molar-refractivity contribution < 1.29 is 4.79 Å². The van der Waals surface area contributed by atoms with E-state index in [1.807, 2.05) is 25.8 Å². The first kappa shape index (κ1) is 13.5. The van der Waals surface area contributed by atoms with Gasteiger partial charge in [-0.15, -0.1) is 0 Å². The van der Waals surface area contributed by atoms with Crippen LogP contribution in [-0.4, -0.2) is 54.5 Å². The summed E-state index contributed by atoms with van der Waals surface area (Å²) in [6.07, 6.45) is 3.73. The van der Waals surface area contributed by atoms with E-state index < -0.39 is 0 Å². The normalized spacial score (nSPS) is 16.6. The molecule has 0 bridgehead atoms. The molecule has 4 heteroatoms. The van der Waals surface area contributed by atoms with E-state index in [4.69, 9.17) is 5.73 Å². The molecule has 0 spiro atoms. The molecule has 1 aliphatic carbocycles. The standard InChI is InChI=1S/C12H25N3O/c1-10(2)14(3)12(16)9-15(8-7-13)11-5-4-6-11/h10-11H,4-9,13H2,1-3H3. The second-order valence-corrected chi connectivity index (χ2v) is 4.94. The fourth-order valence-electron chi connectivity index (χ4n) is 1.88. The summed E-state index contributed by atoms with van der Waals surface area (Å²) in [5.74, 6) is 0.204. The molecule has 1 aliphatic rings. The van der Waals surface area contributed by atoms with E-state index >= 15 is 0 Å². The number of carbonyl (C=O) groups is 1. The van der Waals surface area contributed by atoms with E-state index in [1.165, 1.54) is 19.3 Å². The zero-order valence-electron chi connectivity index (χ0n) is 10.8. The summed E-state index contributed by atoms with van der Waals surface area (Å²) in [5, 5.41) is 0. The molecule has 0 atom stereocenters. The largest absolute Gasteiger partial charge is 0.342 e. The summed E-state index contributed by atoms with van der Waals surface area (Å²) in [6.45, 7) is 6.07. The van der Waals surface area contributed by atoms with Gasteiger partial charge in [0, 0.05) is 32.2 Å². The Labute approximate surface area is 98.8 Å². The van der Waals surface area contributed by atoms with Crippen LogP contribution < -0.4 is 5.73 Å². The molecule has 0 aromatic carbocycles. The fraction of sp³-hybridized carbons (Fsp3) is 0.917. The number of carbonyl (C=O) groups excluding carboxylic acids is 1. The van der Waals surface area contributed by atoms with Crippen LogP contribution >= 0.6 is 0 Å². The molecule has 16 heavy (non-hydrogen) atoms. The number of hydrogen-bond acceptors (Lipinski definition) is 3. The molecule has 0 unspecified atom stereocenters. The zero-order chi connectivity index (χ0) is 12.1. The Morgan fingerprint density at radius 1 is 1.44 bits per heavy atom. The van der Waals surface area contributed by atoms with Gasteiger partial charge in [-0.2, -0.15) is 0 Å². The summed E-state index contributed by atoms with van der Waals surface area (Å²) in [6, 6.07) is 0.863. The highest BCUT2D eigenvalue weighted by Crippen LogP contribution is 2.24. The molecule has 0 aromatic rings. The first-order valence-corrected chi connectivity index (χ1v) is 6.26. The summed E-state index contributed by atoms with van der Waals surface area (Å²) in [5.41, 5.74) is 5.59. The molecule has 0 radical (unpaired) electrons. The van der Waals surface area contributed by atoms with E-state index in [0.717, 1.165) is 6.54 Å². The van der Waals surface area contributed by atoms with Crippen molar-refractivity contribution in [3.8, 4) is 0 Å². The maximum atomic E-state index is 12.0. The average molecular weight is 227 g/mol. The lowest BCUT2D eigenvalue weighted by atomic mass is 9.91. The van der Waals surface area contributed by atoms with Gasteiger partial charge < -0.3 is 10.6 Å².